The number of rotatable bonds is 3. The van der Waals surface area contributed by atoms with Crippen molar-refractivity contribution in [2.24, 2.45) is 0 Å². The molecule has 1 heterocycles. The van der Waals surface area contributed by atoms with Crippen LogP contribution in [-0.2, 0) is 6.54 Å². The molecule has 16 heavy (non-hydrogen) atoms. The highest BCUT2D eigenvalue weighted by molar-refractivity contribution is 9.10. The van der Waals surface area contributed by atoms with Crippen molar-refractivity contribution in [3.05, 3.63) is 44.0 Å². The third-order valence-corrected chi connectivity index (χ3v) is 3.52. The van der Waals surface area contributed by atoms with Crippen LogP contribution in [0.3, 0.4) is 0 Å². The van der Waals surface area contributed by atoms with Gasteiger partial charge in [0, 0.05) is 15.5 Å². The molecule has 0 amide bonds. The van der Waals surface area contributed by atoms with Gasteiger partial charge in [-0.15, -0.1) is 11.3 Å². The van der Waals surface area contributed by atoms with Gasteiger partial charge in [0.2, 0.25) is 0 Å². The van der Waals surface area contributed by atoms with Gasteiger partial charge in [-0.1, -0.05) is 27.5 Å². The summed E-state index contributed by atoms with van der Waals surface area (Å²) in [5.41, 5.74) is 0.465. The summed E-state index contributed by atoms with van der Waals surface area (Å²) in [7, 11) is 0. The van der Waals surface area contributed by atoms with Crippen molar-refractivity contribution < 1.29 is 4.39 Å². The number of thiazole rings is 1. The van der Waals surface area contributed by atoms with E-state index in [1.54, 1.807) is 18.3 Å². The summed E-state index contributed by atoms with van der Waals surface area (Å²) in [5.74, 6) is -0.287. The first-order valence-corrected chi connectivity index (χ1v) is 6.43. The minimum atomic E-state index is -0.287. The predicted molar refractivity (Wildman–Crippen MR) is 68.6 cm³/mol. The molecule has 84 valence electrons. The Balaban J connectivity index is 2.04. The van der Waals surface area contributed by atoms with E-state index in [0.717, 1.165) is 9.35 Å². The first kappa shape index (κ1) is 11.8. The van der Waals surface area contributed by atoms with Crippen molar-refractivity contribution in [2.45, 2.75) is 6.54 Å². The van der Waals surface area contributed by atoms with Gasteiger partial charge in [0.05, 0.1) is 12.2 Å². The highest BCUT2D eigenvalue weighted by Crippen LogP contribution is 2.22. The van der Waals surface area contributed by atoms with E-state index in [-0.39, 0.29) is 5.82 Å². The Kier molecular flexibility index (Phi) is 3.78. The average Bonchev–Trinajstić information content (AvgIpc) is 2.63. The number of aromatic nitrogens is 1. The van der Waals surface area contributed by atoms with Gasteiger partial charge >= 0.3 is 0 Å². The summed E-state index contributed by atoms with van der Waals surface area (Å²) in [6, 6.07) is 4.88. The SMILES string of the molecule is Fc1cc(Br)ccc1NCc1cnc(Cl)s1. The van der Waals surface area contributed by atoms with Crippen molar-refractivity contribution >= 4 is 44.6 Å². The van der Waals surface area contributed by atoms with Gasteiger partial charge in [0.1, 0.15) is 5.82 Å². The molecular weight excluding hydrogens is 315 g/mol. The van der Waals surface area contributed by atoms with E-state index in [2.05, 4.69) is 26.2 Å². The van der Waals surface area contributed by atoms with Crippen molar-refractivity contribution in [1.29, 1.82) is 0 Å². The highest BCUT2D eigenvalue weighted by atomic mass is 79.9. The van der Waals surface area contributed by atoms with E-state index in [4.69, 9.17) is 11.6 Å². The molecule has 0 fully saturated rings. The Labute approximate surface area is 110 Å². The van der Waals surface area contributed by atoms with E-state index in [1.165, 1.54) is 17.4 Å². The molecule has 0 aliphatic rings. The molecule has 6 heteroatoms. The Hall–Kier alpha value is -0.650. The molecule has 1 aromatic carbocycles. The number of nitrogens with one attached hydrogen (secondary N) is 1. The first-order chi connectivity index (χ1) is 7.65. The summed E-state index contributed by atoms with van der Waals surface area (Å²) in [4.78, 5) is 4.87. The third-order valence-electron chi connectivity index (χ3n) is 1.91. The lowest BCUT2D eigenvalue weighted by Crippen LogP contribution is -1.99. The zero-order valence-electron chi connectivity index (χ0n) is 8.01. The Morgan fingerprint density at radius 1 is 1.50 bits per heavy atom. The van der Waals surface area contributed by atoms with Gasteiger partial charge in [-0.2, -0.15) is 0 Å². The molecule has 0 saturated carbocycles. The van der Waals surface area contributed by atoms with Crippen LogP contribution in [0.1, 0.15) is 4.88 Å². The zero-order valence-corrected chi connectivity index (χ0v) is 11.2. The Morgan fingerprint density at radius 2 is 2.31 bits per heavy atom. The van der Waals surface area contributed by atoms with Crippen LogP contribution in [0.5, 0.6) is 0 Å². The molecule has 0 bridgehead atoms. The van der Waals surface area contributed by atoms with Crippen LogP contribution >= 0.6 is 38.9 Å². The minimum absolute atomic E-state index is 0.287. The van der Waals surface area contributed by atoms with E-state index >= 15 is 0 Å². The predicted octanol–water partition coefficient (Wildman–Crippen LogP) is 4.31. The van der Waals surface area contributed by atoms with Crippen molar-refractivity contribution in [2.75, 3.05) is 5.32 Å². The fraction of sp³-hybridized carbons (Fsp3) is 0.100. The van der Waals surface area contributed by atoms with Crippen LogP contribution < -0.4 is 5.32 Å². The largest absolute Gasteiger partial charge is 0.378 e. The summed E-state index contributed by atoms with van der Waals surface area (Å²) in [6.45, 7) is 0.517. The second kappa shape index (κ2) is 5.12. The third kappa shape index (κ3) is 2.93. The molecule has 0 unspecified atom stereocenters. The monoisotopic (exact) mass is 320 g/mol. The van der Waals surface area contributed by atoms with Gasteiger partial charge < -0.3 is 5.32 Å². The molecule has 2 aromatic rings. The van der Waals surface area contributed by atoms with Crippen LogP contribution in [0.2, 0.25) is 4.47 Å². The highest BCUT2D eigenvalue weighted by Gasteiger charge is 2.03. The number of benzene rings is 1. The molecule has 0 aliphatic heterocycles. The second-order valence-corrected chi connectivity index (χ2v) is 5.67. The molecule has 0 radical (unpaired) electrons. The Morgan fingerprint density at radius 3 is 2.94 bits per heavy atom. The normalized spacial score (nSPS) is 10.4. The van der Waals surface area contributed by atoms with Crippen LogP contribution in [-0.4, -0.2) is 4.98 Å². The summed E-state index contributed by atoms with van der Waals surface area (Å²) >= 11 is 10.3. The second-order valence-electron chi connectivity index (χ2n) is 3.06. The zero-order chi connectivity index (χ0) is 11.5. The summed E-state index contributed by atoms with van der Waals surface area (Å²) < 4.78 is 14.6. The topological polar surface area (TPSA) is 24.9 Å². The van der Waals surface area contributed by atoms with E-state index in [0.29, 0.717) is 16.7 Å². The van der Waals surface area contributed by atoms with Crippen LogP contribution in [0.4, 0.5) is 10.1 Å². The van der Waals surface area contributed by atoms with E-state index in [1.807, 2.05) is 0 Å². The molecule has 0 spiro atoms. The molecule has 0 atom stereocenters. The maximum Gasteiger partial charge on any atom is 0.183 e. The lowest BCUT2D eigenvalue weighted by molar-refractivity contribution is 0.629. The molecule has 2 rings (SSSR count). The fourth-order valence-corrected chi connectivity index (χ4v) is 2.43. The van der Waals surface area contributed by atoms with Crippen molar-refractivity contribution in [3.63, 3.8) is 0 Å². The maximum atomic E-state index is 13.4. The Bertz CT molecular complexity index is 503. The lowest BCUT2D eigenvalue weighted by atomic mass is 10.3. The first-order valence-electron chi connectivity index (χ1n) is 4.44. The maximum absolute atomic E-state index is 13.4. The van der Waals surface area contributed by atoms with Gasteiger partial charge in [-0.25, -0.2) is 9.37 Å². The van der Waals surface area contributed by atoms with Gasteiger partial charge in [0.15, 0.2) is 4.47 Å². The number of halogens is 3. The number of nitrogens with zero attached hydrogens (tertiary/aromatic N) is 1. The van der Waals surface area contributed by atoms with Crippen LogP contribution in [0.25, 0.3) is 0 Å². The molecule has 1 aromatic heterocycles. The molecule has 0 saturated heterocycles. The number of anilines is 1. The quantitative estimate of drug-likeness (QED) is 0.911. The lowest BCUT2D eigenvalue weighted by Gasteiger charge is -2.05. The standard InChI is InChI=1S/C10H7BrClFN2S/c11-6-1-2-9(8(13)3-6)14-4-7-5-15-10(12)16-7/h1-3,5,14H,4H2. The smallest absolute Gasteiger partial charge is 0.183 e. The fourth-order valence-electron chi connectivity index (χ4n) is 1.18. The number of hydrogen-bond acceptors (Lipinski definition) is 3. The van der Waals surface area contributed by atoms with E-state index in [9.17, 15) is 4.39 Å². The number of hydrogen-bond donors (Lipinski definition) is 1. The van der Waals surface area contributed by atoms with Crippen molar-refractivity contribution in [1.82, 2.24) is 4.98 Å². The summed E-state index contributed by atoms with van der Waals surface area (Å²) in [6.07, 6.45) is 1.68. The molecule has 0 aliphatic carbocycles. The average molecular weight is 322 g/mol. The van der Waals surface area contributed by atoms with Gasteiger partial charge in [-0.05, 0) is 18.2 Å². The molecule has 1 N–H and O–H groups in total. The van der Waals surface area contributed by atoms with E-state index < -0.39 is 0 Å². The van der Waals surface area contributed by atoms with Gasteiger partial charge in [0.25, 0.3) is 0 Å². The van der Waals surface area contributed by atoms with Crippen molar-refractivity contribution in [3.8, 4) is 0 Å². The van der Waals surface area contributed by atoms with Crippen LogP contribution in [0, 0.1) is 5.82 Å². The molecule has 2 nitrogen and oxygen atoms in total. The van der Waals surface area contributed by atoms with Crippen LogP contribution in [0.15, 0.2) is 28.9 Å². The van der Waals surface area contributed by atoms with Gasteiger partial charge in [-0.3, -0.25) is 0 Å². The minimum Gasteiger partial charge on any atom is -0.378 e. The molecular formula is C10H7BrClFN2S. The summed E-state index contributed by atoms with van der Waals surface area (Å²) in [5, 5.41) is 2.99.